The predicted octanol–water partition coefficient (Wildman–Crippen LogP) is 3.43. The summed E-state index contributed by atoms with van der Waals surface area (Å²) in [7, 11) is -5.36. The second-order valence-electron chi connectivity index (χ2n) is 4.52. The number of rotatable bonds is 4. The van der Waals surface area contributed by atoms with Crippen molar-refractivity contribution in [2.75, 3.05) is 0 Å². The second-order valence-corrected chi connectivity index (χ2v) is 5.98. The molecular weight excluding hydrogens is 357 g/mol. The third-order valence-electron chi connectivity index (χ3n) is 2.94. The normalized spacial score (nSPS) is 11.9. The Balaban J connectivity index is 2.41. The molecule has 0 fully saturated rings. The molecule has 0 radical (unpaired) electrons. The summed E-state index contributed by atoms with van der Waals surface area (Å²) in [5.41, 5.74) is 1.10. The Hall–Kier alpha value is -2.49. The molecule has 24 heavy (non-hydrogen) atoms. The molecule has 0 saturated heterocycles. The SMILES string of the molecule is Cc1ccccc1C=NOS(=O)(=O)c1c(F)c(F)c(F)c(F)c1F. The number of oxime groups is 1. The maximum absolute atomic E-state index is 13.5. The molecule has 0 aliphatic rings. The molecule has 0 aliphatic carbocycles. The third kappa shape index (κ3) is 3.23. The Morgan fingerprint density at radius 3 is 1.96 bits per heavy atom. The van der Waals surface area contributed by atoms with E-state index in [-0.39, 0.29) is 0 Å². The molecule has 0 unspecified atom stereocenters. The lowest BCUT2D eigenvalue weighted by atomic mass is 10.1. The van der Waals surface area contributed by atoms with Gasteiger partial charge in [-0.3, -0.25) is 4.28 Å². The van der Waals surface area contributed by atoms with Crippen LogP contribution >= 0.6 is 0 Å². The van der Waals surface area contributed by atoms with Gasteiger partial charge in [0.2, 0.25) is 5.82 Å². The summed E-state index contributed by atoms with van der Waals surface area (Å²) in [6, 6.07) is 6.50. The van der Waals surface area contributed by atoms with Crippen molar-refractivity contribution in [1.29, 1.82) is 0 Å². The van der Waals surface area contributed by atoms with Gasteiger partial charge in [-0.25, -0.2) is 22.0 Å². The first-order valence-electron chi connectivity index (χ1n) is 6.21. The Labute approximate surface area is 133 Å². The van der Waals surface area contributed by atoms with E-state index in [1.54, 1.807) is 25.1 Å². The van der Waals surface area contributed by atoms with Crippen LogP contribution in [-0.2, 0) is 14.4 Å². The zero-order valence-electron chi connectivity index (χ0n) is 11.9. The van der Waals surface area contributed by atoms with E-state index in [4.69, 9.17) is 0 Å². The fraction of sp³-hybridized carbons (Fsp3) is 0.0714. The molecule has 0 aliphatic heterocycles. The number of benzene rings is 2. The first-order chi connectivity index (χ1) is 11.2. The Morgan fingerprint density at radius 2 is 1.42 bits per heavy atom. The quantitative estimate of drug-likeness (QED) is 0.274. The largest absolute Gasteiger partial charge is 0.364 e. The van der Waals surface area contributed by atoms with E-state index in [0.29, 0.717) is 11.1 Å². The first-order valence-corrected chi connectivity index (χ1v) is 7.61. The van der Waals surface area contributed by atoms with Gasteiger partial charge in [-0.15, -0.1) is 0 Å². The van der Waals surface area contributed by atoms with E-state index in [0.717, 1.165) is 6.21 Å². The highest BCUT2D eigenvalue weighted by Crippen LogP contribution is 2.27. The lowest BCUT2D eigenvalue weighted by Gasteiger charge is -2.07. The van der Waals surface area contributed by atoms with Crippen molar-refractivity contribution >= 4 is 16.3 Å². The standard InChI is InChI=1S/C14H8F5NO3S/c1-7-4-2-3-5-8(7)6-20-23-24(21,22)14-12(18)10(16)9(15)11(17)13(14)19/h2-6H,1H3. The highest BCUT2D eigenvalue weighted by molar-refractivity contribution is 7.86. The van der Waals surface area contributed by atoms with Crippen LogP contribution in [0.15, 0.2) is 34.3 Å². The summed E-state index contributed by atoms with van der Waals surface area (Å²) in [6.07, 6.45) is 0.916. The smallest absolute Gasteiger partial charge is 0.265 e. The summed E-state index contributed by atoms with van der Waals surface area (Å²) in [4.78, 5) is -2.11. The molecule has 2 aromatic rings. The van der Waals surface area contributed by atoms with Gasteiger partial charge >= 0.3 is 10.1 Å². The maximum atomic E-state index is 13.5. The van der Waals surface area contributed by atoms with E-state index < -0.39 is 44.1 Å². The van der Waals surface area contributed by atoms with Crippen LogP contribution in [0.2, 0.25) is 0 Å². The molecule has 0 N–H and O–H groups in total. The molecule has 0 spiro atoms. The van der Waals surface area contributed by atoms with Crippen molar-refractivity contribution in [2.45, 2.75) is 11.8 Å². The van der Waals surface area contributed by atoms with Crippen molar-refractivity contribution in [3.8, 4) is 0 Å². The molecule has 10 heteroatoms. The second kappa shape index (κ2) is 6.56. The van der Waals surface area contributed by atoms with Crippen molar-refractivity contribution in [3.63, 3.8) is 0 Å². The molecule has 2 rings (SSSR count). The van der Waals surface area contributed by atoms with Crippen LogP contribution in [0, 0.1) is 36.0 Å². The summed E-state index contributed by atoms with van der Waals surface area (Å²) in [5, 5.41) is 3.03. The van der Waals surface area contributed by atoms with Crippen molar-refractivity contribution in [3.05, 3.63) is 64.5 Å². The Morgan fingerprint density at radius 1 is 0.917 bits per heavy atom. The summed E-state index contributed by atoms with van der Waals surface area (Å²) in [6.45, 7) is 1.67. The van der Waals surface area contributed by atoms with E-state index in [1.807, 2.05) is 0 Å². The van der Waals surface area contributed by atoms with Crippen LogP contribution in [0.1, 0.15) is 11.1 Å². The number of hydrogen-bond acceptors (Lipinski definition) is 4. The fourth-order valence-electron chi connectivity index (χ4n) is 1.71. The highest BCUT2D eigenvalue weighted by Gasteiger charge is 2.35. The molecule has 0 bridgehead atoms. The van der Waals surface area contributed by atoms with E-state index in [2.05, 4.69) is 9.44 Å². The average Bonchev–Trinajstić information content (AvgIpc) is 2.52. The average molecular weight is 365 g/mol. The molecule has 128 valence electrons. The van der Waals surface area contributed by atoms with Crippen LogP contribution in [0.4, 0.5) is 22.0 Å². The van der Waals surface area contributed by atoms with Crippen molar-refractivity contribution < 1.29 is 34.7 Å². The van der Waals surface area contributed by atoms with Gasteiger partial charge < -0.3 is 0 Å². The van der Waals surface area contributed by atoms with Crippen LogP contribution in [0.3, 0.4) is 0 Å². The lowest BCUT2D eigenvalue weighted by Crippen LogP contribution is -2.13. The number of halogens is 5. The van der Waals surface area contributed by atoms with Gasteiger partial charge in [-0.1, -0.05) is 29.4 Å². The predicted molar refractivity (Wildman–Crippen MR) is 73.3 cm³/mol. The fourth-order valence-corrected chi connectivity index (χ4v) is 2.56. The number of hydrogen-bond donors (Lipinski definition) is 0. The first kappa shape index (κ1) is 17.9. The van der Waals surface area contributed by atoms with Gasteiger partial charge in [0.25, 0.3) is 0 Å². The Bertz CT molecular complexity index is 899. The zero-order valence-corrected chi connectivity index (χ0v) is 12.7. The summed E-state index contributed by atoms with van der Waals surface area (Å²) in [5.74, 6) is -12.3. The molecule has 0 heterocycles. The minimum absolute atomic E-state index is 0.421. The third-order valence-corrected chi connectivity index (χ3v) is 4.08. The van der Waals surface area contributed by atoms with Crippen LogP contribution < -0.4 is 0 Å². The Kier molecular flexibility index (Phi) is 4.88. The van der Waals surface area contributed by atoms with Crippen molar-refractivity contribution in [1.82, 2.24) is 0 Å². The molecule has 2 aromatic carbocycles. The highest BCUT2D eigenvalue weighted by atomic mass is 32.2. The molecule has 0 saturated carbocycles. The minimum Gasteiger partial charge on any atom is -0.265 e. The molecular formula is C14H8F5NO3S. The number of nitrogens with zero attached hydrogens (tertiary/aromatic N) is 1. The monoisotopic (exact) mass is 365 g/mol. The van der Waals surface area contributed by atoms with Crippen LogP contribution in [0.25, 0.3) is 0 Å². The van der Waals surface area contributed by atoms with Crippen molar-refractivity contribution in [2.24, 2.45) is 5.16 Å². The van der Waals surface area contributed by atoms with E-state index >= 15 is 0 Å². The molecule has 0 aromatic heterocycles. The molecule has 0 amide bonds. The summed E-state index contributed by atoms with van der Waals surface area (Å²) >= 11 is 0. The minimum atomic E-state index is -5.36. The lowest BCUT2D eigenvalue weighted by molar-refractivity contribution is 0.319. The van der Waals surface area contributed by atoms with Gasteiger partial charge in [0.15, 0.2) is 28.2 Å². The molecule has 0 atom stereocenters. The van der Waals surface area contributed by atoms with Gasteiger partial charge in [0.05, 0.1) is 6.21 Å². The number of aryl methyl sites for hydroxylation is 1. The maximum Gasteiger partial charge on any atom is 0.364 e. The van der Waals surface area contributed by atoms with Gasteiger partial charge in [0, 0.05) is 0 Å². The van der Waals surface area contributed by atoms with E-state index in [1.165, 1.54) is 6.07 Å². The van der Waals surface area contributed by atoms with Gasteiger partial charge in [-0.05, 0) is 18.1 Å². The van der Waals surface area contributed by atoms with E-state index in [9.17, 15) is 30.4 Å². The summed E-state index contributed by atoms with van der Waals surface area (Å²) < 4.78 is 93.4. The van der Waals surface area contributed by atoms with Crippen LogP contribution in [0.5, 0.6) is 0 Å². The van der Waals surface area contributed by atoms with Gasteiger partial charge in [0.1, 0.15) is 0 Å². The van der Waals surface area contributed by atoms with Gasteiger partial charge in [-0.2, -0.15) is 8.42 Å². The topological polar surface area (TPSA) is 55.7 Å². The van der Waals surface area contributed by atoms with Crippen LogP contribution in [-0.4, -0.2) is 14.6 Å². The zero-order chi connectivity index (χ0) is 18.1. The molecule has 4 nitrogen and oxygen atoms in total.